The first-order valence-corrected chi connectivity index (χ1v) is 7.26. The lowest BCUT2D eigenvalue weighted by molar-refractivity contribution is 0.272. The summed E-state index contributed by atoms with van der Waals surface area (Å²) in [7, 11) is 0. The van der Waals surface area contributed by atoms with Crippen molar-refractivity contribution in [3.63, 3.8) is 0 Å². The third kappa shape index (κ3) is 3.80. The predicted octanol–water partition coefficient (Wildman–Crippen LogP) is 2.77. The number of hydrogen-bond donors (Lipinski definition) is 1. The lowest BCUT2D eigenvalue weighted by Crippen LogP contribution is -2.20. The molecule has 0 bridgehead atoms. The van der Waals surface area contributed by atoms with Gasteiger partial charge in [0, 0.05) is 0 Å². The Kier molecular flexibility index (Phi) is 4.75. The van der Waals surface area contributed by atoms with Crippen LogP contribution in [-0.2, 0) is 6.54 Å². The number of hydrogen-bond acceptors (Lipinski definition) is 3. The van der Waals surface area contributed by atoms with Crippen LogP contribution in [-0.4, -0.2) is 21.3 Å². The van der Waals surface area contributed by atoms with Crippen molar-refractivity contribution in [2.24, 2.45) is 11.8 Å². The first kappa shape index (κ1) is 13.5. The summed E-state index contributed by atoms with van der Waals surface area (Å²) in [6, 6.07) is 0.576. The van der Waals surface area contributed by atoms with E-state index in [1.807, 2.05) is 6.33 Å². The van der Waals surface area contributed by atoms with Crippen LogP contribution in [0.3, 0.4) is 0 Å². The molecule has 4 nitrogen and oxygen atoms in total. The number of nitrogens with one attached hydrogen (secondary N) is 1. The molecule has 1 aromatic rings. The van der Waals surface area contributed by atoms with Gasteiger partial charge in [-0.1, -0.05) is 20.8 Å². The molecule has 1 heterocycles. The van der Waals surface area contributed by atoms with Gasteiger partial charge in [0.2, 0.25) is 0 Å². The quantitative estimate of drug-likeness (QED) is 0.874. The number of nitrogens with zero attached hydrogens (tertiary/aromatic N) is 3. The van der Waals surface area contributed by atoms with Crippen LogP contribution in [0.2, 0.25) is 0 Å². The molecule has 0 amide bonds. The van der Waals surface area contributed by atoms with E-state index in [9.17, 15) is 0 Å². The summed E-state index contributed by atoms with van der Waals surface area (Å²) in [5, 5.41) is 7.98. The molecule has 1 saturated carbocycles. The molecule has 2 rings (SSSR count). The largest absolute Gasteiger partial charge is 0.310 e. The summed E-state index contributed by atoms with van der Waals surface area (Å²) in [6.45, 7) is 8.58. The molecule has 1 N–H and O–H groups in total. The maximum atomic E-state index is 4.60. The second kappa shape index (κ2) is 6.32. The van der Waals surface area contributed by atoms with E-state index in [1.165, 1.54) is 25.7 Å². The van der Waals surface area contributed by atoms with E-state index >= 15 is 0 Å². The van der Waals surface area contributed by atoms with Gasteiger partial charge in [0.15, 0.2) is 5.82 Å². The second-order valence-corrected chi connectivity index (χ2v) is 6.08. The van der Waals surface area contributed by atoms with Crippen LogP contribution in [0.4, 0.5) is 0 Å². The van der Waals surface area contributed by atoms with Crippen molar-refractivity contribution in [1.82, 2.24) is 20.1 Å². The second-order valence-electron chi connectivity index (χ2n) is 6.08. The van der Waals surface area contributed by atoms with Crippen molar-refractivity contribution in [1.29, 1.82) is 0 Å². The summed E-state index contributed by atoms with van der Waals surface area (Å²) >= 11 is 0. The fourth-order valence-electron chi connectivity index (χ4n) is 2.55. The van der Waals surface area contributed by atoms with Gasteiger partial charge < -0.3 is 5.32 Å². The summed E-state index contributed by atoms with van der Waals surface area (Å²) < 4.78 is 2.08. The molecule has 0 spiro atoms. The molecule has 0 aliphatic heterocycles. The lowest BCUT2D eigenvalue weighted by Gasteiger charge is -2.25. The van der Waals surface area contributed by atoms with Gasteiger partial charge in [-0.15, -0.1) is 0 Å². The van der Waals surface area contributed by atoms with Gasteiger partial charge >= 0.3 is 0 Å². The molecule has 18 heavy (non-hydrogen) atoms. The van der Waals surface area contributed by atoms with Crippen LogP contribution in [0, 0.1) is 11.8 Å². The Labute approximate surface area is 110 Å². The van der Waals surface area contributed by atoms with Crippen LogP contribution in [0.5, 0.6) is 0 Å². The Hall–Kier alpha value is -0.900. The van der Waals surface area contributed by atoms with E-state index in [-0.39, 0.29) is 0 Å². The van der Waals surface area contributed by atoms with Crippen LogP contribution in [0.25, 0.3) is 0 Å². The summed E-state index contributed by atoms with van der Waals surface area (Å²) in [4.78, 5) is 4.40. The highest BCUT2D eigenvalue weighted by atomic mass is 15.3. The topological polar surface area (TPSA) is 42.7 Å². The molecular formula is C14H26N4. The van der Waals surface area contributed by atoms with E-state index < -0.39 is 0 Å². The minimum Gasteiger partial charge on any atom is -0.310 e. The van der Waals surface area contributed by atoms with E-state index in [0.29, 0.717) is 12.0 Å². The average molecular weight is 250 g/mol. The first-order chi connectivity index (χ1) is 8.65. The van der Waals surface area contributed by atoms with Crippen molar-refractivity contribution in [2.75, 3.05) is 6.54 Å². The molecule has 0 atom stereocenters. The van der Waals surface area contributed by atoms with Crippen molar-refractivity contribution < 1.29 is 0 Å². The zero-order valence-corrected chi connectivity index (χ0v) is 11.9. The van der Waals surface area contributed by atoms with Crippen LogP contribution >= 0.6 is 0 Å². The Morgan fingerprint density at radius 1 is 1.33 bits per heavy atom. The third-order valence-corrected chi connectivity index (χ3v) is 3.75. The molecule has 0 aromatic carbocycles. The lowest BCUT2D eigenvalue weighted by atomic mass is 9.87. The Bertz CT molecular complexity index is 350. The number of rotatable bonds is 5. The van der Waals surface area contributed by atoms with E-state index in [2.05, 4.69) is 40.9 Å². The highest BCUT2D eigenvalue weighted by Crippen LogP contribution is 2.30. The van der Waals surface area contributed by atoms with Crippen LogP contribution in [0.15, 0.2) is 6.33 Å². The highest BCUT2D eigenvalue weighted by Gasteiger charge is 2.20. The van der Waals surface area contributed by atoms with Crippen LogP contribution in [0.1, 0.15) is 58.3 Å². The summed E-state index contributed by atoms with van der Waals surface area (Å²) in [5.74, 6) is 2.48. The van der Waals surface area contributed by atoms with Gasteiger partial charge in [0.05, 0.1) is 12.6 Å². The van der Waals surface area contributed by atoms with Crippen molar-refractivity contribution >= 4 is 0 Å². The van der Waals surface area contributed by atoms with Gasteiger partial charge in [-0.3, -0.25) is 0 Å². The Morgan fingerprint density at radius 3 is 2.72 bits per heavy atom. The van der Waals surface area contributed by atoms with Gasteiger partial charge in [-0.05, 0) is 44.1 Å². The summed E-state index contributed by atoms with van der Waals surface area (Å²) in [6.07, 6.45) is 7.07. The van der Waals surface area contributed by atoms with Crippen molar-refractivity contribution in [3.05, 3.63) is 12.2 Å². The monoisotopic (exact) mass is 250 g/mol. The van der Waals surface area contributed by atoms with Crippen LogP contribution < -0.4 is 5.32 Å². The molecule has 102 valence electrons. The van der Waals surface area contributed by atoms with Gasteiger partial charge in [-0.2, -0.15) is 5.10 Å². The predicted molar refractivity (Wildman–Crippen MR) is 73.2 cm³/mol. The smallest absolute Gasteiger partial charge is 0.164 e. The summed E-state index contributed by atoms with van der Waals surface area (Å²) in [5.41, 5.74) is 0. The Balaban J connectivity index is 1.82. The van der Waals surface area contributed by atoms with Crippen molar-refractivity contribution in [3.8, 4) is 0 Å². The molecule has 1 aliphatic rings. The van der Waals surface area contributed by atoms with Gasteiger partial charge in [0.25, 0.3) is 0 Å². The van der Waals surface area contributed by atoms with Gasteiger partial charge in [0.1, 0.15) is 6.33 Å². The molecule has 1 aromatic heterocycles. The van der Waals surface area contributed by atoms with E-state index in [1.54, 1.807) is 0 Å². The standard InChI is InChI=1S/C14H26N4/c1-11(2)8-15-9-14-16-10-18(17-14)13-6-4-12(3)5-7-13/h10-13,15H,4-9H2,1-3H3. The maximum Gasteiger partial charge on any atom is 0.164 e. The zero-order valence-electron chi connectivity index (χ0n) is 11.9. The molecule has 0 radical (unpaired) electrons. The molecule has 0 saturated heterocycles. The van der Waals surface area contributed by atoms with E-state index in [0.717, 1.165) is 24.8 Å². The third-order valence-electron chi connectivity index (χ3n) is 3.75. The Morgan fingerprint density at radius 2 is 2.06 bits per heavy atom. The minimum absolute atomic E-state index is 0.576. The van der Waals surface area contributed by atoms with Gasteiger partial charge in [-0.25, -0.2) is 9.67 Å². The van der Waals surface area contributed by atoms with Crippen molar-refractivity contribution in [2.45, 2.75) is 59.0 Å². The fraction of sp³-hybridized carbons (Fsp3) is 0.857. The molecule has 1 fully saturated rings. The average Bonchev–Trinajstić information content (AvgIpc) is 2.78. The molecule has 1 aliphatic carbocycles. The molecular weight excluding hydrogens is 224 g/mol. The molecule has 0 unspecified atom stereocenters. The van der Waals surface area contributed by atoms with E-state index in [4.69, 9.17) is 0 Å². The fourth-order valence-corrected chi connectivity index (χ4v) is 2.55. The first-order valence-electron chi connectivity index (χ1n) is 7.26. The minimum atomic E-state index is 0.576. The highest BCUT2D eigenvalue weighted by molar-refractivity contribution is 4.84. The number of aromatic nitrogens is 3. The SMILES string of the molecule is CC(C)CNCc1ncn(C2CCC(C)CC2)n1. The zero-order chi connectivity index (χ0) is 13.0. The normalized spacial score (nSPS) is 24.7. The maximum absolute atomic E-state index is 4.60. The molecule has 4 heteroatoms.